The van der Waals surface area contributed by atoms with Gasteiger partial charge >= 0.3 is 0 Å². The third kappa shape index (κ3) is 4.63. The molecule has 2 aliphatic rings. The highest BCUT2D eigenvalue weighted by atomic mass is 35.5. The van der Waals surface area contributed by atoms with Crippen LogP contribution in [0.1, 0.15) is 11.1 Å². The molecule has 1 aromatic carbocycles. The minimum atomic E-state index is -0.188. The number of rotatable bonds is 5. The SMILES string of the molecule is CN1CCN(c2ncccc2CNC(=O)/C=C/c2cc(Cl)c3c(c2)OCO3)CC1. The van der Waals surface area contributed by atoms with Gasteiger partial charge in [0.15, 0.2) is 11.5 Å². The molecular formula is C21H23ClN4O3. The Kier molecular flexibility index (Phi) is 5.87. The third-order valence-electron chi connectivity index (χ3n) is 5.00. The number of amides is 1. The first kappa shape index (κ1) is 19.5. The molecule has 2 aliphatic heterocycles. The Morgan fingerprint density at radius 1 is 1.28 bits per heavy atom. The van der Waals surface area contributed by atoms with Gasteiger partial charge < -0.3 is 24.6 Å². The van der Waals surface area contributed by atoms with E-state index in [0.717, 1.165) is 43.1 Å². The van der Waals surface area contributed by atoms with Gasteiger partial charge in [-0.2, -0.15) is 0 Å². The Labute approximate surface area is 174 Å². The Morgan fingerprint density at radius 2 is 2.10 bits per heavy atom. The maximum absolute atomic E-state index is 12.3. The lowest BCUT2D eigenvalue weighted by molar-refractivity contribution is -0.116. The maximum Gasteiger partial charge on any atom is 0.244 e. The predicted molar refractivity (Wildman–Crippen MR) is 112 cm³/mol. The fraction of sp³-hybridized carbons (Fsp3) is 0.333. The molecule has 0 bridgehead atoms. The molecule has 1 fully saturated rings. The smallest absolute Gasteiger partial charge is 0.244 e. The molecule has 1 N–H and O–H groups in total. The van der Waals surface area contributed by atoms with Crippen LogP contribution in [0.2, 0.25) is 5.02 Å². The minimum absolute atomic E-state index is 0.156. The lowest BCUT2D eigenvalue weighted by Crippen LogP contribution is -2.45. The molecule has 8 heteroatoms. The van der Waals surface area contributed by atoms with E-state index in [4.69, 9.17) is 21.1 Å². The number of fused-ring (bicyclic) bond motifs is 1. The van der Waals surface area contributed by atoms with Crippen molar-refractivity contribution in [1.82, 2.24) is 15.2 Å². The number of aromatic nitrogens is 1. The lowest BCUT2D eigenvalue weighted by Gasteiger charge is -2.34. The highest BCUT2D eigenvalue weighted by molar-refractivity contribution is 6.32. The topological polar surface area (TPSA) is 66.9 Å². The fourth-order valence-corrected chi connectivity index (χ4v) is 3.64. The van der Waals surface area contributed by atoms with Gasteiger partial charge in [-0.05, 0) is 36.9 Å². The van der Waals surface area contributed by atoms with Gasteiger partial charge in [0.05, 0.1) is 5.02 Å². The van der Waals surface area contributed by atoms with Crippen molar-refractivity contribution in [1.29, 1.82) is 0 Å². The summed E-state index contributed by atoms with van der Waals surface area (Å²) in [4.78, 5) is 21.4. The number of hydrogen-bond acceptors (Lipinski definition) is 6. The second kappa shape index (κ2) is 8.71. The Balaban J connectivity index is 1.38. The molecule has 0 radical (unpaired) electrons. The van der Waals surface area contributed by atoms with Crippen LogP contribution < -0.4 is 19.7 Å². The first-order chi connectivity index (χ1) is 14.1. The molecule has 0 unspecified atom stereocenters. The molecule has 1 aromatic heterocycles. The normalized spacial score (nSPS) is 16.4. The number of nitrogens with zero attached hydrogens (tertiary/aromatic N) is 3. The molecule has 29 heavy (non-hydrogen) atoms. The second-order valence-corrected chi connectivity index (χ2v) is 7.47. The van der Waals surface area contributed by atoms with E-state index in [0.29, 0.717) is 23.1 Å². The lowest BCUT2D eigenvalue weighted by atomic mass is 10.2. The first-order valence-electron chi connectivity index (χ1n) is 9.52. The second-order valence-electron chi connectivity index (χ2n) is 7.06. The largest absolute Gasteiger partial charge is 0.454 e. The van der Waals surface area contributed by atoms with Crippen molar-refractivity contribution in [2.75, 3.05) is 44.9 Å². The van der Waals surface area contributed by atoms with Crippen LogP contribution >= 0.6 is 11.6 Å². The van der Waals surface area contributed by atoms with E-state index < -0.39 is 0 Å². The van der Waals surface area contributed by atoms with Crippen molar-refractivity contribution < 1.29 is 14.3 Å². The van der Waals surface area contributed by atoms with E-state index in [1.54, 1.807) is 24.4 Å². The zero-order valence-electron chi connectivity index (χ0n) is 16.2. The van der Waals surface area contributed by atoms with Crippen LogP contribution in [0.15, 0.2) is 36.5 Å². The maximum atomic E-state index is 12.3. The zero-order valence-corrected chi connectivity index (χ0v) is 17.0. The molecular weight excluding hydrogens is 392 g/mol. The Bertz CT molecular complexity index is 926. The van der Waals surface area contributed by atoms with Gasteiger partial charge in [0.2, 0.25) is 12.7 Å². The number of piperazine rings is 1. The Hall–Kier alpha value is -2.77. The van der Waals surface area contributed by atoms with Crippen LogP contribution in [0, 0.1) is 0 Å². The summed E-state index contributed by atoms with van der Waals surface area (Å²) in [5.74, 6) is 1.88. The van der Waals surface area contributed by atoms with Gasteiger partial charge in [0, 0.05) is 50.6 Å². The summed E-state index contributed by atoms with van der Waals surface area (Å²) in [5, 5.41) is 3.40. The zero-order chi connectivity index (χ0) is 20.2. The third-order valence-corrected chi connectivity index (χ3v) is 5.28. The number of carbonyl (C=O) groups excluding carboxylic acids is 1. The molecule has 152 valence electrons. The number of pyridine rings is 1. The summed E-state index contributed by atoms with van der Waals surface area (Å²) >= 11 is 6.18. The van der Waals surface area contributed by atoms with Gasteiger partial charge in [-0.3, -0.25) is 4.79 Å². The standard InChI is InChI=1S/C21H23ClN4O3/c1-25-7-9-26(10-8-25)21-16(3-2-6-23-21)13-24-19(27)5-4-15-11-17(22)20-18(12-15)28-14-29-20/h2-6,11-12H,7-10,13-14H2,1H3,(H,24,27)/b5-4+. The van der Waals surface area contributed by atoms with E-state index in [1.165, 1.54) is 6.08 Å². The number of nitrogens with one attached hydrogen (secondary N) is 1. The summed E-state index contributed by atoms with van der Waals surface area (Å²) in [5.41, 5.74) is 1.78. The molecule has 1 amide bonds. The first-order valence-corrected chi connectivity index (χ1v) is 9.90. The number of likely N-dealkylation sites (N-methyl/N-ethyl adjacent to an activating group) is 1. The number of ether oxygens (including phenoxy) is 2. The van der Waals surface area contributed by atoms with Crippen molar-refractivity contribution in [2.45, 2.75) is 6.54 Å². The van der Waals surface area contributed by atoms with Crippen molar-refractivity contribution in [3.8, 4) is 11.5 Å². The van der Waals surface area contributed by atoms with Crippen LogP contribution in [0.4, 0.5) is 5.82 Å². The molecule has 2 aromatic rings. The fourth-order valence-electron chi connectivity index (χ4n) is 3.37. The number of hydrogen-bond donors (Lipinski definition) is 1. The quantitative estimate of drug-likeness (QED) is 0.758. The summed E-state index contributed by atoms with van der Waals surface area (Å²) < 4.78 is 10.6. The number of carbonyl (C=O) groups is 1. The number of halogens is 1. The van der Waals surface area contributed by atoms with Crippen molar-refractivity contribution >= 4 is 29.4 Å². The predicted octanol–water partition coefficient (Wildman–Crippen LogP) is 2.55. The monoisotopic (exact) mass is 414 g/mol. The summed E-state index contributed by atoms with van der Waals surface area (Å²) in [6, 6.07) is 7.43. The molecule has 1 saturated heterocycles. The van der Waals surface area contributed by atoms with Gasteiger partial charge in [0.1, 0.15) is 5.82 Å². The van der Waals surface area contributed by atoms with E-state index in [-0.39, 0.29) is 12.7 Å². The molecule has 0 saturated carbocycles. The minimum Gasteiger partial charge on any atom is -0.454 e. The molecule has 0 atom stereocenters. The van der Waals surface area contributed by atoms with Crippen LogP contribution in [0.5, 0.6) is 11.5 Å². The molecule has 3 heterocycles. The summed E-state index contributed by atoms with van der Waals surface area (Å²) in [6.07, 6.45) is 4.98. The number of benzene rings is 1. The highest BCUT2D eigenvalue weighted by Gasteiger charge is 2.19. The van der Waals surface area contributed by atoms with E-state index in [9.17, 15) is 4.79 Å². The molecule has 4 rings (SSSR count). The Morgan fingerprint density at radius 3 is 2.93 bits per heavy atom. The summed E-state index contributed by atoms with van der Waals surface area (Å²) in [7, 11) is 2.12. The van der Waals surface area contributed by atoms with Crippen LogP contribution in [0.3, 0.4) is 0 Å². The van der Waals surface area contributed by atoms with E-state index >= 15 is 0 Å². The van der Waals surface area contributed by atoms with Crippen LogP contribution in [-0.2, 0) is 11.3 Å². The van der Waals surface area contributed by atoms with Crippen molar-refractivity contribution in [3.05, 3.63) is 52.7 Å². The van der Waals surface area contributed by atoms with Gasteiger partial charge in [-0.25, -0.2) is 4.98 Å². The highest BCUT2D eigenvalue weighted by Crippen LogP contribution is 2.40. The van der Waals surface area contributed by atoms with Crippen LogP contribution in [-0.4, -0.2) is 55.8 Å². The molecule has 0 spiro atoms. The molecule has 0 aliphatic carbocycles. The van der Waals surface area contributed by atoms with Crippen LogP contribution in [0.25, 0.3) is 6.08 Å². The summed E-state index contributed by atoms with van der Waals surface area (Å²) in [6.45, 7) is 4.44. The average Bonchev–Trinajstić information content (AvgIpc) is 3.21. The van der Waals surface area contributed by atoms with E-state index in [2.05, 4.69) is 27.1 Å². The number of anilines is 1. The van der Waals surface area contributed by atoms with Gasteiger partial charge in [-0.1, -0.05) is 17.7 Å². The average molecular weight is 415 g/mol. The molecule has 7 nitrogen and oxygen atoms in total. The van der Waals surface area contributed by atoms with Crippen molar-refractivity contribution in [2.24, 2.45) is 0 Å². The van der Waals surface area contributed by atoms with E-state index in [1.807, 2.05) is 12.1 Å². The van der Waals surface area contributed by atoms with Gasteiger partial charge in [-0.15, -0.1) is 0 Å². The van der Waals surface area contributed by atoms with Gasteiger partial charge in [0.25, 0.3) is 0 Å². The van der Waals surface area contributed by atoms with Crippen molar-refractivity contribution in [3.63, 3.8) is 0 Å².